The van der Waals surface area contributed by atoms with E-state index in [1.807, 2.05) is 0 Å². The summed E-state index contributed by atoms with van der Waals surface area (Å²) >= 11 is 0. The SMILES string of the molecule is [2H]c1cc(-c2nc(-c3cc4c5cc([2H])c([2H])c([2H])c5c5c([2H])c([2H])c([2H])c([2H])c5c4c([2H])c3[2H])nc(-n3c4c([2H])c([2H])c([2H])c([2H])c4c4c([2H])c([2H])c([2H])c(-c5c([2H])c([2H])c([2H])c(-c6c([2H])c([2H])c([2H])c([2H])c6[2H])c5[2H])c43)n2)c([2H])c([2H])c1[2H]. The second-order valence-electron chi connectivity index (χ2n) is 11.8. The van der Waals surface area contributed by atoms with Gasteiger partial charge in [-0.05, 0) is 67.2 Å². The lowest BCUT2D eigenvalue weighted by molar-refractivity contribution is 0.954. The maximum Gasteiger partial charge on any atom is 0.238 e. The zero-order valence-corrected chi connectivity index (χ0v) is 27.5. The molecular formula is C51H32N4. The van der Waals surface area contributed by atoms with Crippen molar-refractivity contribution in [3.8, 4) is 51.0 Å². The van der Waals surface area contributed by atoms with Crippen molar-refractivity contribution in [1.82, 2.24) is 19.5 Å². The molecule has 11 aromatic rings. The number of para-hydroxylation sites is 2. The van der Waals surface area contributed by atoms with Crippen LogP contribution in [0.15, 0.2) is 193 Å². The molecule has 0 bridgehead atoms. The molecule has 0 spiro atoms. The highest BCUT2D eigenvalue weighted by atomic mass is 15.2. The second kappa shape index (κ2) is 12.6. The van der Waals surface area contributed by atoms with Crippen LogP contribution in [-0.4, -0.2) is 19.5 Å². The fraction of sp³-hybridized carbons (Fsp3) is 0. The van der Waals surface area contributed by atoms with Gasteiger partial charge in [-0.2, -0.15) is 9.97 Å². The van der Waals surface area contributed by atoms with Gasteiger partial charge in [0.05, 0.1) is 50.8 Å². The molecule has 2 aromatic heterocycles. The maximum atomic E-state index is 9.70. The molecule has 0 aliphatic rings. The van der Waals surface area contributed by atoms with E-state index in [1.165, 1.54) is 0 Å². The first-order valence-corrected chi connectivity index (χ1v) is 16.2. The van der Waals surface area contributed by atoms with Crippen LogP contribution in [0.5, 0.6) is 0 Å². The van der Waals surface area contributed by atoms with E-state index in [9.17, 15) is 11.0 Å². The van der Waals surface area contributed by atoms with Crippen LogP contribution in [0.3, 0.4) is 0 Å². The number of aromatic nitrogens is 4. The summed E-state index contributed by atoms with van der Waals surface area (Å²) in [5.74, 6) is -2.26. The van der Waals surface area contributed by atoms with Crippen LogP contribution >= 0.6 is 0 Å². The molecule has 256 valence electrons. The van der Waals surface area contributed by atoms with E-state index in [2.05, 4.69) is 15.0 Å². The van der Waals surface area contributed by atoms with E-state index >= 15 is 0 Å². The topological polar surface area (TPSA) is 43.6 Å². The molecule has 0 saturated carbocycles. The Balaban J connectivity index is 1.39. The number of benzene rings is 9. The van der Waals surface area contributed by atoms with Gasteiger partial charge < -0.3 is 0 Å². The monoisotopic (exact) mass is 729 g/mol. The Labute approximate surface area is 358 Å². The molecule has 4 heteroatoms. The first kappa shape index (κ1) is 13.8. The van der Waals surface area contributed by atoms with E-state index < -0.39 is 248 Å². The molecule has 0 N–H and O–H groups in total. The fourth-order valence-corrected chi connectivity index (χ4v) is 6.45. The van der Waals surface area contributed by atoms with Crippen LogP contribution < -0.4 is 0 Å². The summed E-state index contributed by atoms with van der Waals surface area (Å²) in [7, 11) is 0. The zero-order valence-electron chi connectivity index (χ0n) is 56.5. The van der Waals surface area contributed by atoms with Crippen molar-refractivity contribution in [2.75, 3.05) is 0 Å². The predicted octanol–water partition coefficient (Wildman–Crippen LogP) is 13.1. The smallest absolute Gasteiger partial charge is 0.238 e. The van der Waals surface area contributed by atoms with E-state index in [0.29, 0.717) is 0 Å². The molecule has 0 amide bonds. The second-order valence-corrected chi connectivity index (χ2v) is 11.8. The van der Waals surface area contributed by atoms with Gasteiger partial charge in [0, 0.05) is 27.5 Å². The van der Waals surface area contributed by atoms with Gasteiger partial charge in [0.2, 0.25) is 5.95 Å². The third kappa shape index (κ3) is 5.11. The maximum absolute atomic E-state index is 9.70. The summed E-state index contributed by atoms with van der Waals surface area (Å²) in [6.07, 6.45) is 0. The third-order valence-electron chi connectivity index (χ3n) is 8.80. The highest BCUT2D eigenvalue weighted by molar-refractivity contribution is 6.25. The zero-order chi connectivity index (χ0) is 61.5. The Morgan fingerprint density at radius 2 is 0.945 bits per heavy atom. The largest absolute Gasteiger partial charge is 0.277 e. The van der Waals surface area contributed by atoms with Crippen LogP contribution in [0.1, 0.15) is 39.8 Å². The number of fused-ring (bicyclic) bond motifs is 9. The molecule has 4 nitrogen and oxygen atoms in total. The van der Waals surface area contributed by atoms with Gasteiger partial charge in [0.25, 0.3) is 0 Å². The highest BCUT2D eigenvalue weighted by Crippen LogP contribution is 2.40. The molecule has 2 heterocycles. The van der Waals surface area contributed by atoms with Crippen molar-refractivity contribution in [2.45, 2.75) is 0 Å². The summed E-state index contributed by atoms with van der Waals surface area (Å²) in [5.41, 5.74) is -5.63. The quantitative estimate of drug-likeness (QED) is 0.166. The van der Waals surface area contributed by atoms with Crippen LogP contribution in [-0.2, 0) is 0 Å². The molecule has 0 unspecified atom stereocenters. The third-order valence-corrected chi connectivity index (χ3v) is 8.80. The van der Waals surface area contributed by atoms with Gasteiger partial charge in [-0.25, -0.2) is 4.98 Å². The van der Waals surface area contributed by atoms with Crippen LogP contribution in [0.2, 0.25) is 0 Å². The Kier molecular flexibility index (Phi) is 3.16. The van der Waals surface area contributed by atoms with Gasteiger partial charge in [0.15, 0.2) is 11.6 Å². The average molecular weight is 730 g/mol. The highest BCUT2D eigenvalue weighted by Gasteiger charge is 2.21. The summed E-state index contributed by atoms with van der Waals surface area (Å²) < 4.78 is 260. The molecule has 0 atom stereocenters. The Hall–Kier alpha value is -7.43. The number of rotatable bonds is 5. The molecule has 9 aromatic carbocycles. The van der Waals surface area contributed by atoms with Crippen LogP contribution in [0, 0.1) is 0 Å². The first-order chi connectivity index (χ1) is 39.3. The lowest BCUT2D eigenvalue weighted by atomic mass is 9.93. The molecule has 55 heavy (non-hydrogen) atoms. The van der Waals surface area contributed by atoms with E-state index in [1.54, 1.807) is 0 Å². The van der Waals surface area contributed by atoms with Gasteiger partial charge in [-0.1, -0.05) is 175 Å². The minimum absolute atomic E-state index is 0.122. The van der Waals surface area contributed by atoms with E-state index in [4.69, 9.17) is 28.8 Å². The van der Waals surface area contributed by atoms with Crippen LogP contribution in [0.4, 0.5) is 0 Å². The van der Waals surface area contributed by atoms with Crippen molar-refractivity contribution in [3.05, 3.63) is 193 Å². The van der Waals surface area contributed by atoms with Gasteiger partial charge >= 0.3 is 0 Å². The molecule has 0 aliphatic heterocycles. The summed E-state index contributed by atoms with van der Waals surface area (Å²) in [6, 6.07) is -21.4. The van der Waals surface area contributed by atoms with Crippen molar-refractivity contribution < 1.29 is 39.8 Å². The first-order valence-electron chi connectivity index (χ1n) is 30.7. The minimum Gasteiger partial charge on any atom is -0.277 e. The number of hydrogen-bond acceptors (Lipinski definition) is 3. The Morgan fingerprint density at radius 1 is 0.364 bits per heavy atom. The number of hydrogen-bond donors (Lipinski definition) is 0. The molecule has 0 saturated heterocycles. The van der Waals surface area contributed by atoms with Gasteiger partial charge in [0.1, 0.15) is 0 Å². The molecule has 0 fully saturated rings. The van der Waals surface area contributed by atoms with Crippen molar-refractivity contribution in [2.24, 2.45) is 0 Å². The van der Waals surface area contributed by atoms with Gasteiger partial charge in [-0.15, -0.1) is 0 Å². The van der Waals surface area contributed by atoms with Crippen LogP contribution in [0.25, 0.3) is 105 Å². The van der Waals surface area contributed by atoms with E-state index in [0.717, 1.165) is 22.8 Å². The van der Waals surface area contributed by atoms with Crippen molar-refractivity contribution in [3.63, 3.8) is 0 Å². The summed E-state index contributed by atoms with van der Waals surface area (Å²) in [5, 5.41) is -2.68. The Morgan fingerprint density at radius 3 is 1.78 bits per heavy atom. The molecular weight excluding hydrogens is 669 g/mol. The predicted molar refractivity (Wildman–Crippen MR) is 228 cm³/mol. The summed E-state index contributed by atoms with van der Waals surface area (Å²) in [6.45, 7) is 0. The lowest BCUT2D eigenvalue weighted by Gasteiger charge is -2.14. The normalized spacial score (nSPS) is 19.0. The van der Waals surface area contributed by atoms with Crippen molar-refractivity contribution >= 4 is 54.1 Å². The molecule has 11 rings (SSSR count). The molecule has 0 aliphatic carbocycles. The van der Waals surface area contributed by atoms with Crippen molar-refractivity contribution in [1.29, 1.82) is 0 Å². The number of nitrogens with zero attached hydrogens (tertiary/aromatic N) is 4. The van der Waals surface area contributed by atoms with Gasteiger partial charge in [-0.3, -0.25) is 4.57 Å². The fourth-order valence-electron chi connectivity index (χ4n) is 6.45. The minimum atomic E-state index is -1.05. The Bertz CT molecular complexity index is 4930. The molecule has 0 radical (unpaired) electrons. The summed E-state index contributed by atoms with van der Waals surface area (Å²) in [4.78, 5) is 13.8. The van der Waals surface area contributed by atoms with E-state index in [-0.39, 0.29) is 32.3 Å². The average Bonchev–Trinajstić information content (AvgIpc) is 1.35. The standard InChI is InChI=1S/C51H32N4/c1-3-15-33(16-4-1)35-19-13-20-36(31-35)38-26-14-27-45-44-25-11-12-28-47(44)55(48(38)45)51-53-49(34-17-5-2-6-18-34)52-50(54-51)37-29-30-43-41-23-8-7-21-39(41)40-22-9-10-24-42(40)46(43)32-37/h1-32H/i1D,2D,3D,4D,5D,6D,7D,8D,9D,10D,11D,12D,13D,14D,15D,16D,17D,19D,20D,21D,22D,23D,25D,26D,27D,28D,29D,30D,31D. The lowest BCUT2D eigenvalue weighted by Crippen LogP contribution is -2.07.